The van der Waals surface area contributed by atoms with Crippen molar-refractivity contribution in [3.63, 3.8) is 0 Å². The van der Waals surface area contributed by atoms with Gasteiger partial charge in [-0.1, -0.05) is 6.92 Å². The predicted octanol–water partition coefficient (Wildman–Crippen LogP) is 3.61. The number of thiazole rings is 1. The van der Waals surface area contributed by atoms with Crippen molar-refractivity contribution in [2.24, 2.45) is 0 Å². The van der Waals surface area contributed by atoms with Gasteiger partial charge in [-0.2, -0.15) is 4.37 Å². The molecule has 96 valence electrons. The Kier molecular flexibility index (Phi) is 3.30. The van der Waals surface area contributed by atoms with Gasteiger partial charge in [0.05, 0.1) is 6.04 Å². The van der Waals surface area contributed by atoms with E-state index in [-0.39, 0.29) is 6.04 Å². The summed E-state index contributed by atoms with van der Waals surface area (Å²) in [5.41, 5.74) is 0. The van der Waals surface area contributed by atoms with Crippen LogP contribution in [0.4, 0.5) is 5.13 Å². The largest absolute Gasteiger partial charge is 0.351 e. The summed E-state index contributed by atoms with van der Waals surface area (Å²) >= 11 is 3.23. The maximum absolute atomic E-state index is 4.54. The van der Waals surface area contributed by atoms with E-state index < -0.39 is 0 Å². The zero-order valence-electron chi connectivity index (χ0n) is 10.5. The number of aromatic nitrogens is 3. The Morgan fingerprint density at radius 2 is 2.33 bits per heavy atom. The first-order chi connectivity index (χ1) is 8.76. The average Bonchev–Trinajstić information content (AvgIpc) is 2.93. The van der Waals surface area contributed by atoms with Crippen molar-refractivity contribution in [2.75, 3.05) is 5.32 Å². The van der Waals surface area contributed by atoms with Crippen molar-refractivity contribution < 1.29 is 0 Å². The molecule has 1 atom stereocenters. The molecule has 0 aliphatic heterocycles. The van der Waals surface area contributed by atoms with Crippen molar-refractivity contribution in [1.29, 1.82) is 0 Å². The summed E-state index contributed by atoms with van der Waals surface area (Å²) in [6, 6.07) is 0.204. The van der Waals surface area contributed by atoms with E-state index in [2.05, 4.69) is 33.5 Å². The SMILES string of the molecule is CCc1cnc(C(C)Nc2nc(C3CC3)ns2)s1. The normalized spacial score (nSPS) is 16.8. The molecule has 1 aliphatic carbocycles. The number of hydrogen-bond donors (Lipinski definition) is 1. The third-order valence-corrected chi connectivity index (χ3v) is 5.00. The van der Waals surface area contributed by atoms with Gasteiger partial charge in [-0.25, -0.2) is 9.97 Å². The third-order valence-electron chi connectivity index (χ3n) is 3.01. The lowest BCUT2D eigenvalue weighted by molar-refractivity contribution is 0.861. The number of nitrogens with zero attached hydrogens (tertiary/aromatic N) is 3. The summed E-state index contributed by atoms with van der Waals surface area (Å²) in [6.07, 6.45) is 5.51. The van der Waals surface area contributed by atoms with Crippen molar-refractivity contribution in [3.8, 4) is 0 Å². The molecule has 1 N–H and O–H groups in total. The van der Waals surface area contributed by atoms with Gasteiger partial charge in [0.15, 0.2) is 0 Å². The Bertz CT molecular complexity index is 530. The fourth-order valence-corrected chi connectivity index (χ4v) is 3.33. The topological polar surface area (TPSA) is 50.7 Å². The molecule has 1 saturated carbocycles. The Morgan fingerprint density at radius 3 is 3.00 bits per heavy atom. The third kappa shape index (κ3) is 2.54. The van der Waals surface area contributed by atoms with Crippen molar-refractivity contribution in [1.82, 2.24) is 14.3 Å². The fraction of sp³-hybridized carbons (Fsp3) is 0.583. The lowest BCUT2D eigenvalue weighted by Crippen LogP contribution is -2.05. The maximum Gasteiger partial charge on any atom is 0.203 e. The molecule has 0 aromatic carbocycles. The molecule has 0 saturated heterocycles. The van der Waals surface area contributed by atoms with Crippen molar-refractivity contribution >= 4 is 28.0 Å². The van der Waals surface area contributed by atoms with Crippen LogP contribution in [0.3, 0.4) is 0 Å². The smallest absolute Gasteiger partial charge is 0.203 e. The van der Waals surface area contributed by atoms with Crippen LogP contribution < -0.4 is 5.32 Å². The van der Waals surface area contributed by atoms with Gasteiger partial charge in [-0.15, -0.1) is 11.3 Å². The molecule has 0 bridgehead atoms. The lowest BCUT2D eigenvalue weighted by atomic mass is 10.4. The Labute approximate surface area is 115 Å². The van der Waals surface area contributed by atoms with Gasteiger partial charge < -0.3 is 5.32 Å². The van der Waals surface area contributed by atoms with Crippen LogP contribution in [0.2, 0.25) is 0 Å². The van der Waals surface area contributed by atoms with Crippen LogP contribution in [-0.4, -0.2) is 14.3 Å². The van der Waals surface area contributed by atoms with E-state index in [0.29, 0.717) is 5.92 Å². The number of rotatable bonds is 5. The minimum Gasteiger partial charge on any atom is -0.351 e. The molecule has 18 heavy (non-hydrogen) atoms. The van der Waals surface area contributed by atoms with Crippen LogP contribution in [0.25, 0.3) is 0 Å². The standard InChI is InChI=1S/C12H16N4S2/c1-3-9-6-13-11(17-9)7(2)14-12-15-10(16-18-12)8-4-5-8/h6-8H,3-5H2,1-2H3,(H,14,15,16). The van der Waals surface area contributed by atoms with E-state index >= 15 is 0 Å². The zero-order valence-corrected chi connectivity index (χ0v) is 12.1. The monoisotopic (exact) mass is 280 g/mol. The molecule has 4 nitrogen and oxygen atoms in total. The molecule has 1 aliphatic rings. The van der Waals surface area contributed by atoms with E-state index in [1.807, 2.05) is 6.20 Å². The summed E-state index contributed by atoms with van der Waals surface area (Å²) in [5.74, 6) is 1.64. The molecule has 0 amide bonds. The molecule has 2 aromatic rings. The number of nitrogens with one attached hydrogen (secondary N) is 1. The van der Waals surface area contributed by atoms with Gasteiger partial charge in [0, 0.05) is 28.5 Å². The molecule has 0 spiro atoms. The molecule has 2 heterocycles. The highest BCUT2D eigenvalue weighted by Crippen LogP contribution is 2.39. The molecular formula is C12H16N4S2. The maximum atomic E-state index is 4.54. The van der Waals surface area contributed by atoms with E-state index in [0.717, 1.165) is 22.4 Å². The first-order valence-electron chi connectivity index (χ1n) is 6.31. The van der Waals surface area contributed by atoms with E-state index in [1.165, 1.54) is 29.3 Å². The summed E-state index contributed by atoms with van der Waals surface area (Å²) in [6.45, 7) is 4.28. The van der Waals surface area contributed by atoms with Crippen LogP contribution >= 0.6 is 22.9 Å². The molecule has 6 heteroatoms. The molecular weight excluding hydrogens is 264 g/mol. The second kappa shape index (κ2) is 4.93. The van der Waals surface area contributed by atoms with E-state index in [9.17, 15) is 0 Å². The second-order valence-electron chi connectivity index (χ2n) is 4.62. The van der Waals surface area contributed by atoms with Gasteiger partial charge in [0.25, 0.3) is 0 Å². The first-order valence-corrected chi connectivity index (χ1v) is 7.90. The molecule has 1 unspecified atom stereocenters. The minimum absolute atomic E-state index is 0.204. The summed E-state index contributed by atoms with van der Waals surface area (Å²) < 4.78 is 4.40. The van der Waals surface area contributed by atoms with Crippen LogP contribution in [0.5, 0.6) is 0 Å². The average molecular weight is 280 g/mol. The predicted molar refractivity (Wildman–Crippen MR) is 75.4 cm³/mol. The number of aryl methyl sites for hydroxylation is 1. The van der Waals surface area contributed by atoms with E-state index in [4.69, 9.17) is 0 Å². The minimum atomic E-state index is 0.204. The Balaban J connectivity index is 1.66. The molecule has 2 aromatic heterocycles. The number of hydrogen-bond acceptors (Lipinski definition) is 6. The van der Waals surface area contributed by atoms with Crippen LogP contribution in [0, 0.1) is 0 Å². The van der Waals surface area contributed by atoms with Crippen molar-refractivity contribution in [3.05, 3.63) is 21.9 Å². The highest BCUT2D eigenvalue weighted by atomic mass is 32.1. The molecule has 3 rings (SSSR count). The quantitative estimate of drug-likeness (QED) is 0.909. The van der Waals surface area contributed by atoms with Gasteiger partial charge in [0.2, 0.25) is 5.13 Å². The summed E-state index contributed by atoms with van der Waals surface area (Å²) in [4.78, 5) is 10.3. The van der Waals surface area contributed by atoms with Crippen LogP contribution in [0.15, 0.2) is 6.20 Å². The fourth-order valence-electron chi connectivity index (χ4n) is 1.73. The van der Waals surface area contributed by atoms with Crippen LogP contribution in [-0.2, 0) is 6.42 Å². The second-order valence-corrected chi connectivity index (χ2v) is 6.52. The summed E-state index contributed by atoms with van der Waals surface area (Å²) in [7, 11) is 0. The highest BCUT2D eigenvalue weighted by molar-refractivity contribution is 7.11. The van der Waals surface area contributed by atoms with Gasteiger partial charge in [0.1, 0.15) is 10.8 Å². The summed E-state index contributed by atoms with van der Waals surface area (Å²) in [5, 5.41) is 5.43. The van der Waals surface area contributed by atoms with Gasteiger partial charge in [-0.05, 0) is 26.2 Å². The first kappa shape index (κ1) is 12.0. The Morgan fingerprint density at radius 1 is 1.50 bits per heavy atom. The van der Waals surface area contributed by atoms with Crippen LogP contribution in [0.1, 0.15) is 54.4 Å². The number of anilines is 1. The molecule has 0 radical (unpaired) electrons. The molecule has 1 fully saturated rings. The lowest BCUT2D eigenvalue weighted by Gasteiger charge is -2.08. The van der Waals surface area contributed by atoms with Gasteiger partial charge >= 0.3 is 0 Å². The highest BCUT2D eigenvalue weighted by Gasteiger charge is 2.28. The zero-order chi connectivity index (χ0) is 12.5. The van der Waals surface area contributed by atoms with Gasteiger partial charge in [-0.3, -0.25) is 0 Å². The van der Waals surface area contributed by atoms with E-state index in [1.54, 1.807) is 11.3 Å². The Hall–Kier alpha value is -1.01. The van der Waals surface area contributed by atoms with Crippen molar-refractivity contribution in [2.45, 2.75) is 45.1 Å².